The van der Waals surface area contributed by atoms with E-state index in [1.807, 2.05) is 30.3 Å². The number of furan rings is 1. The van der Waals surface area contributed by atoms with Gasteiger partial charge in [0, 0.05) is 26.1 Å². The maximum atomic E-state index is 12.6. The molecule has 3 rings (SSSR count). The molecule has 1 aliphatic heterocycles. The minimum absolute atomic E-state index is 0.175. The normalized spacial score (nSPS) is 20.3. The second-order valence-corrected chi connectivity index (χ2v) is 5.87. The van der Waals surface area contributed by atoms with Gasteiger partial charge in [-0.2, -0.15) is 0 Å². The smallest absolute Gasteiger partial charge is 0.308 e. The minimum atomic E-state index is -0.890. The Morgan fingerprint density at radius 1 is 1.21 bits per heavy atom. The fraction of sp³-hybridized carbons (Fsp3) is 0.333. The lowest BCUT2D eigenvalue weighted by atomic mass is 9.89. The van der Waals surface area contributed by atoms with Gasteiger partial charge in [-0.25, -0.2) is 0 Å². The summed E-state index contributed by atoms with van der Waals surface area (Å²) < 4.78 is 10.4. The van der Waals surface area contributed by atoms with Gasteiger partial charge in [0.25, 0.3) is 5.91 Å². The molecule has 1 aromatic heterocycles. The van der Waals surface area contributed by atoms with Crippen LogP contribution in [0.25, 0.3) is 0 Å². The second kappa shape index (κ2) is 6.88. The number of hydrogen-bond acceptors (Lipinski definition) is 4. The molecule has 0 spiro atoms. The van der Waals surface area contributed by atoms with Crippen LogP contribution in [0.15, 0.2) is 46.9 Å². The number of aliphatic carboxylic acids is 1. The number of hydrogen-bond donors (Lipinski definition) is 1. The highest BCUT2D eigenvalue weighted by Gasteiger charge is 2.41. The first-order chi connectivity index (χ1) is 11.6. The van der Waals surface area contributed by atoms with Gasteiger partial charge in [-0.05, 0) is 17.7 Å². The van der Waals surface area contributed by atoms with Gasteiger partial charge in [0.1, 0.15) is 12.4 Å². The van der Waals surface area contributed by atoms with E-state index in [0.29, 0.717) is 12.3 Å². The molecule has 6 nitrogen and oxygen atoms in total. The Kier molecular flexibility index (Phi) is 4.66. The van der Waals surface area contributed by atoms with Gasteiger partial charge in [0.15, 0.2) is 5.76 Å². The standard InChI is InChI=1S/C18H19NO5/c1-23-11-13-7-8-16(24-13)17(20)19-9-14(15(10-19)18(21)22)12-5-3-2-4-6-12/h2-8,14-15H,9-11H2,1H3,(H,21,22). The predicted molar refractivity (Wildman–Crippen MR) is 85.6 cm³/mol. The maximum Gasteiger partial charge on any atom is 0.308 e. The number of rotatable bonds is 5. The Morgan fingerprint density at radius 2 is 1.96 bits per heavy atom. The van der Waals surface area contributed by atoms with E-state index in [1.165, 1.54) is 0 Å². The van der Waals surface area contributed by atoms with Crippen LogP contribution in [0.2, 0.25) is 0 Å². The third kappa shape index (κ3) is 3.19. The van der Waals surface area contributed by atoms with Crippen molar-refractivity contribution in [2.24, 2.45) is 5.92 Å². The average Bonchev–Trinajstić information content (AvgIpc) is 3.22. The Bertz CT molecular complexity index is 724. The van der Waals surface area contributed by atoms with E-state index in [0.717, 1.165) is 5.56 Å². The van der Waals surface area contributed by atoms with Gasteiger partial charge in [0.05, 0.1) is 5.92 Å². The number of nitrogens with zero attached hydrogens (tertiary/aromatic N) is 1. The molecule has 0 radical (unpaired) electrons. The van der Waals surface area contributed by atoms with E-state index in [-0.39, 0.29) is 30.7 Å². The summed E-state index contributed by atoms with van der Waals surface area (Å²) in [4.78, 5) is 25.8. The summed E-state index contributed by atoms with van der Waals surface area (Å²) in [5, 5.41) is 9.51. The van der Waals surface area contributed by atoms with Crippen molar-refractivity contribution in [2.75, 3.05) is 20.2 Å². The van der Waals surface area contributed by atoms with Crippen molar-refractivity contribution in [2.45, 2.75) is 12.5 Å². The van der Waals surface area contributed by atoms with Crippen LogP contribution in [0.5, 0.6) is 0 Å². The van der Waals surface area contributed by atoms with Crippen LogP contribution in [-0.4, -0.2) is 42.1 Å². The van der Waals surface area contributed by atoms with Crippen LogP contribution < -0.4 is 0 Å². The van der Waals surface area contributed by atoms with E-state index in [2.05, 4.69) is 0 Å². The maximum absolute atomic E-state index is 12.6. The number of benzene rings is 1. The second-order valence-electron chi connectivity index (χ2n) is 5.87. The molecule has 1 amide bonds. The van der Waals surface area contributed by atoms with Gasteiger partial charge >= 0.3 is 5.97 Å². The zero-order chi connectivity index (χ0) is 17.1. The van der Waals surface area contributed by atoms with Crippen molar-refractivity contribution in [1.29, 1.82) is 0 Å². The van der Waals surface area contributed by atoms with Gasteiger partial charge < -0.3 is 19.2 Å². The third-order valence-corrected chi connectivity index (χ3v) is 4.31. The van der Waals surface area contributed by atoms with Crippen molar-refractivity contribution in [1.82, 2.24) is 4.90 Å². The van der Waals surface area contributed by atoms with Crippen LogP contribution in [0, 0.1) is 5.92 Å². The number of amides is 1. The summed E-state index contributed by atoms with van der Waals surface area (Å²) in [7, 11) is 1.55. The van der Waals surface area contributed by atoms with Crippen LogP contribution in [0.3, 0.4) is 0 Å². The van der Waals surface area contributed by atoms with E-state index in [4.69, 9.17) is 9.15 Å². The predicted octanol–water partition coefficient (Wildman–Crippen LogP) is 2.37. The Labute approximate surface area is 139 Å². The molecule has 24 heavy (non-hydrogen) atoms. The Morgan fingerprint density at radius 3 is 2.62 bits per heavy atom. The highest BCUT2D eigenvalue weighted by molar-refractivity contribution is 5.92. The topological polar surface area (TPSA) is 80.0 Å². The lowest BCUT2D eigenvalue weighted by Gasteiger charge is -2.15. The van der Waals surface area contributed by atoms with E-state index in [1.54, 1.807) is 24.1 Å². The molecule has 1 saturated heterocycles. The van der Waals surface area contributed by atoms with E-state index >= 15 is 0 Å². The summed E-state index contributed by atoms with van der Waals surface area (Å²) in [5.74, 6) is -1.25. The Balaban J connectivity index is 1.79. The first kappa shape index (κ1) is 16.3. The van der Waals surface area contributed by atoms with Gasteiger partial charge in [-0.1, -0.05) is 30.3 Å². The number of likely N-dealkylation sites (tertiary alicyclic amines) is 1. The summed E-state index contributed by atoms with van der Waals surface area (Å²) in [6.07, 6.45) is 0. The molecule has 0 bridgehead atoms. The number of methoxy groups -OCH3 is 1. The lowest BCUT2D eigenvalue weighted by Crippen LogP contribution is -2.29. The van der Waals surface area contributed by atoms with Crippen LogP contribution in [-0.2, 0) is 16.1 Å². The Hall–Kier alpha value is -2.60. The first-order valence-corrected chi connectivity index (χ1v) is 7.75. The molecule has 2 heterocycles. The molecule has 2 aromatic rings. The van der Waals surface area contributed by atoms with Gasteiger partial charge in [0.2, 0.25) is 0 Å². The number of carboxylic acid groups (broad SMARTS) is 1. The molecule has 1 aromatic carbocycles. The van der Waals surface area contributed by atoms with Crippen molar-refractivity contribution < 1.29 is 23.8 Å². The van der Waals surface area contributed by atoms with Crippen molar-refractivity contribution in [3.63, 3.8) is 0 Å². The molecule has 0 saturated carbocycles. The molecule has 126 valence electrons. The van der Waals surface area contributed by atoms with Crippen LogP contribution in [0.1, 0.15) is 27.8 Å². The zero-order valence-corrected chi connectivity index (χ0v) is 13.3. The molecular formula is C18H19NO5. The molecule has 0 aliphatic carbocycles. The monoisotopic (exact) mass is 329 g/mol. The summed E-state index contributed by atoms with van der Waals surface area (Å²) >= 11 is 0. The van der Waals surface area contributed by atoms with Gasteiger partial charge in [-0.3, -0.25) is 9.59 Å². The number of carbonyl (C=O) groups is 2. The number of carbonyl (C=O) groups excluding carboxylic acids is 1. The molecular weight excluding hydrogens is 310 g/mol. The van der Waals surface area contributed by atoms with Crippen molar-refractivity contribution in [3.05, 3.63) is 59.5 Å². The molecule has 2 atom stereocenters. The molecule has 2 unspecified atom stereocenters. The van der Waals surface area contributed by atoms with Gasteiger partial charge in [-0.15, -0.1) is 0 Å². The van der Waals surface area contributed by atoms with Crippen molar-refractivity contribution in [3.8, 4) is 0 Å². The summed E-state index contributed by atoms with van der Waals surface area (Å²) in [6, 6.07) is 12.7. The third-order valence-electron chi connectivity index (χ3n) is 4.31. The molecule has 1 aliphatic rings. The largest absolute Gasteiger partial charge is 0.481 e. The van der Waals surface area contributed by atoms with E-state index < -0.39 is 11.9 Å². The highest BCUT2D eigenvalue weighted by atomic mass is 16.5. The number of ether oxygens (including phenoxy) is 1. The van der Waals surface area contributed by atoms with Crippen LogP contribution in [0.4, 0.5) is 0 Å². The zero-order valence-electron chi connectivity index (χ0n) is 13.3. The summed E-state index contributed by atoms with van der Waals surface area (Å²) in [5.41, 5.74) is 0.930. The van der Waals surface area contributed by atoms with Crippen LogP contribution >= 0.6 is 0 Å². The molecule has 1 fully saturated rings. The SMILES string of the molecule is COCc1ccc(C(=O)N2CC(C(=O)O)C(c3ccccc3)C2)o1. The molecule has 6 heteroatoms. The average molecular weight is 329 g/mol. The fourth-order valence-electron chi connectivity index (χ4n) is 3.13. The number of carboxylic acids is 1. The highest BCUT2D eigenvalue weighted by Crippen LogP contribution is 2.33. The fourth-order valence-corrected chi connectivity index (χ4v) is 3.13. The lowest BCUT2D eigenvalue weighted by molar-refractivity contribution is -0.141. The van der Waals surface area contributed by atoms with Crippen molar-refractivity contribution >= 4 is 11.9 Å². The summed E-state index contributed by atoms with van der Waals surface area (Å²) in [6.45, 7) is 0.825. The first-order valence-electron chi connectivity index (χ1n) is 7.75. The van der Waals surface area contributed by atoms with E-state index in [9.17, 15) is 14.7 Å². The molecule has 1 N–H and O–H groups in total. The minimum Gasteiger partial charge on any atom is -0.481 e. The quantitative estimate of drug-likeness (QED) is 0.911.